The standard InChI is InChI=1S/C17H22F3N3O/c18-17(19,20)15-13-8-4-5-9-14(13)23(22-15)11-10-21-16(24)12-6-2-1-3-7-12/h1-2,12H,3-11H2,(H,21,24)/t12-/m1/s1. The Hall–Kier alpha value is -1.79. The lowest BCUT2D eigenvalue weighted by Crippen LogP contribution is -2.34. The molecule has 1 amide bonds. The number of nitrogens with one attached hydrogen (secondary N) is 1. The molecule has 2 aliphatic rings. The fourth-order valence-corrected chi connectivity index (χ4v) is 3.54. The van der Waals surface area contributed by atoms with Gasteiger partial charge in [-0.3, -0.25) is 9.48 Å². The predicted octanol–water partition coefficient (Wildman–Crippen LogP) is 3.25. The largest absolute Gasteiger partial charge is 0.435 e. The number of amides is 1. The molecular weight excluding hydrogens is 319 g/mol. The number of halogens is 3. The van der Waals surface area contributed by atoms with E-state index in [1.165, 1.54) is 4.68 Å². The van der Waals surface area contributed by atoms with Gasteiger partial charge in [-0.1, -0.05) is 12.2 Å². The van der Waals surface area contributed by atoms with E-state index in [-0.39, 0.29) is 18.4 Å². The van der Waals surface area contributed by atoms with E-state index in [0.29, 0.717) is 30.6 Å². The minimum atomic E-state index is -4.41. The highest BCUT2D eigenvalue weighted by Crippen LogP contribution is 2.35. The third-order valence-electron chi connectivity index (χ3n) is 4.79. The summed E-state index contributed by atoms with van der Waals surface area (Å²) in [6.07, 6.45) is 4.85. The summed E-state index contributed by atoms with van der Waals surface area (Å²) in [5.74, 6) is -0.0382. The number of aromatic nitrogens is 2. The molecule has 1 atom stereocenters. The van der Waals surface area contributed by atoms with E-state index < -0.39 is 11.9 Å². The van der Waals surface area contributed by atoms with Crippen molar-refractivity contribution in [3.8, 4) is 0 Å². The highest BCUT2D eigenvalue weighted by atomic mass is 19.4. The Labute approximate surface area is 139 Å². The number of allylic oxidation sites excluding steroid dienone is 2. The van der Waals surface area contributed by atoms with E-state index in [1.807, 2.05) is 6.08 Å². The molecule has 0 spiro atoms. The Bertz CT molecular complexity index is 634. The van der Waals surface area contributed by atoms with Crippen LogP contribution in [0.2, 0.25) is 0 Å². The van der Waals surface area contributed by atoms with Crippen LogP contribution < -0.4 is 5.32 Å². The fourth-order valence-electron chi connectivity index (χ4n) is 3.54. The van der Waals surface area contributed by atoms with Crippen LogP contribution in [0.15, 0.2) is 12.2 Å². The van der Waals surface area contributed by atoms with Crippen LogP contribution in [0.25, 0.3) is 0 Å². The van der Waals surface area contributed by atoms with E-state index in [0.717, 1.165) is 32.1 Å². The van der Waals surface area contributed by atoms with Gasteiger partial charge in [0.15, 0.2) is 5.69 Å². The summed E-state index contributed by atoms with van der Waals surface area (Å²) < 4.78 is 40.8. The lowest BCUT2D eigenvalue weighted by atomic mass is 9.94. The summed E-state index contributed by atoms with van der Waals surface area (Å²) >= 11 is 0. The normalized spacial score (nSPS) is 20.7. The van der Waals surface area contributed by atoms with Crippen molar-refractivity contribution in [2.24, 2.45) is 5.92 Å². The molecule has 3 rings (SSSR count). The van der Waals surface area contributed by atoms with E-state index >= 15 is 0 Å². The molecule has 0 unspecified atom stereocenters. The zero-order valence-electron chi connectivity index (χ0n) is 13.5. The second-order valence-corrected chi connectivity index (χ2v) is 6.47. The third kappa shape index (κ3) is 3.65. The van der Waals surface area contributed by atoms with Crippen molar-refractivity contribution in [3.05, 3.63) is 29.1 Å². The molecule has 0 aromatic carbocycles. The quantitative estimate of drug-likeness (QED) is 0.855. The second kappa shape index (κ2) is 6.99. The van der Waals surface area contributed by atoms with Crippen molar-refractivity contribution >= 4 is 5.91 Å². The Balaban J connectivity index is 1.64. The average molecular weight is 341 g/mol. The van der Waals surface area contributed by atoms with Crippen LogP contribution in [-0.2, 0) is 30.4 Å². The molecule has 7 heteroatoms. The zero-order valence-corrected chi connectivity index (χ0v) is 13.5. The number of nitrogens with zero attached hydrogens (tertiary/aromatic N) is 2. The number of rotatable bonds is 4. The van der Waals surface area contributed by atoms with Gasteiger partial charge in [0.2, 0.25) is 5.91 Å². The summed E-state index contributed by atoms with van der Waals surface area (Å²) in [4.78, 5) is 12.1. The highest BCUT2D eigenvalue weighted by Gasteiger charge is 2.39. The monoisotopic (exact) mass is 341 g/mol. The average Bonchev–Trinajstić information content (AvgIpc) is 2.95. The smallest absolute Gasteiger partial charge is 0.354 e. The first kappa shape index (κ1) is 17.0. The summed E-state index contributed by atoms with van der Waals surface area (Å²) in [5.41, 5.74) is 0.280. The first-order valence-corrected chi connectivity index (χ1v) is 8.55. The minimum absolute atomic E-state index is 0.0172. The van der Waals surface area contributed by atoms with E-state index in [1.54, 1.807) is 0 Å². The Morgan fingerprint density at radius 2 is 2.08 bits per heavy atom. The van der Waals surface area contributed by atoms with Gasteiger partial charge >= 0.3 is 6.18 Å². The van der Waals surface area contributed by atoms with Crippen LogP contribution in [0.1, 0.15) is 49.1 Å². The van der Waals surface area contributed by atoms with Crippen molar-refractivity contribution in [1.29, 1.82) is 0 Å². The van der Waals surface area contributed by atoms with Crippen LogP contribution in [0, 0.1) is 5.92 Å². The van der Waals surface area contributed by atoms with Gasteiger partial charge in [0.05, 0.1) is 6.54 Å². The maximum atomic E-state index is 13.1. The molecule has 24 heavy (non-hydrogen) atoms. The molecule has 1 heterocycles. The van der Waals surface area contributed by atoms with Gasteiger partial charge in [0, 0.05) is 23.7 Å². The van der Waals surface area contributed by atoms with Gasteiger partial charge in [-0.05, 0) is 44.9 Å². The Morgan fingerprint density at radius 3 is 2.79 bits per heavy atom. The number of carbonyl (C=O) groups is 1. The summed E-state index contributed by atoms with van der Waals surface area (Å²) in [5, 5.41) is 6.64. The molecule has 1 N–H and O–H groups in total. The molecule has 0 radical (unpaired) electrons. The van der Waals surface area contributed by atoms with Crippen molar-refractivity contribution < 1.29 is 18.0 Å². The van der Waals surface area contributed by atoms with Gasteiger partial charge < -0.3 is 5.32 Å². The molecule has 0 fully saturated rings. The molecule has 0 bridgehead atoms. The number of hydrogen-bond acceptors (Lipinski definition) is 2. The van der Waals surface area contributed by atoms with E-state index in [9.17, 15) is 18.0 Å². The van der Waals surface area contributed by atoms with Gasteiger partial charge in [-0.15, -0.1) is 0 Å². The number of fused-ring (bicyclic) bond motifs is 1. The van der Waals surface area contributed by atoms with E-state index in [4.69, 9.17) is 0 Å². The Kier molecular flexibility index (Phi) is 4.96. The van der Waals surface area contributed by atoms with Crippen LogP contribution >= 0.6 is 0 Å². The molecule has 0 saturated heterocycles. The lowest BCUT2D eigenvalue weighted by Gasteiger charge is -2.18. The van der Waals surface area contributed by atoms with Crippen LogP contribution in [-0.4, -0.2) is 22.2 Å². The fraction of sp³-hybridized carbons (Fsp3) is 0.647. The van der Waals surface area contributed by atoms with Gasteiger partial charge in [0.25, 0.3) is 0 Å². The molecule has 0 aliphatic heterocycles. The maximum Gasteiger partial charge on any atom is 0.435 e. The number of alkyl halides is 3. The van der Waals surface area contributed by atoms with Gasteiger partial charge in [0.1, 0.15) is 0 Å². The zero-order chi connectivity index (χ0) is 17.2. The molecule has 4 nitrogen and oxygen atoms in total. The second-order valence-electron chi connectivity index (χ2n) is 6.47. The van der Waals surface area contributed by atoms with Crippen molar-refractivity contribution in [3.63, 3.8) is 0 Å². The van der Waals surface area contributed by atoms with Crippen LogP contribution in [0.5, 0.6) is 0 Å². The van der Waals surface area contributed by atoms with Gasteiger partial charge in [-0.2, -0.15) is 18.3 Å². The van der Waals surface area contributed by atoms with Crippen molar-refractivity contribution in [2.45, 2.75) is 57.7 Å². The number of carbonyl (C=O) groups excluding carboxylic acids is 1. The Morgan fingerprint density at radius 1 is 1.29 bits per heavy atom. The SMILES string of the molecule is O=C(NCCn1nc(C(F)(F)F)c2c1CCCC2)[C@@H]1CC=CCC1. The molecule has 0 saturated carbocycles. The minimum Gasteiger partial charge on any atom is -0.354 e. The summed E-state index contributed by atoms with van der Waals surface area (Å²) in [7, 11) is 0. The summed E-state index contributed by atoms with van der Waals surface area (Å²) in [6.45, 7) is 0.594. The van der Waals surface area contributed by atoms with Crippen molar-refractivity contribution in [1.82, 2.24) is 15.1 Å². The van der Waals surface area contributed by atoms with Crippen molar-refractivity contribution in [2.75, 3.05) is 6.54 Å². The van der Waals surface area contributed by atoms with Gasteiger partial charge in [-0.25, -0.2) is 0 Å². The molecular formula is C17H22F3N3O. The maximum absolute atomic E-state index is 13.1. The summed E-state index contributed by atoms with van der Waals surface area (Å²) in [6, 6.07) is 0. The lowest BCUT2D eigenvalue weighted by molar-refractivity contribution is -0.142. The van der Waals surface area contributed by atoms with Crippen LogP contribution in [0.4, 0.5) is 13.2 Å². The van der Waals surface area contributed by atoms with E-state index in [2.05, 4.69) is 16.5 Å². The molecule has 1 aromatic heterocycles. The highest BCUT2D eigenvalue weighted by molar-refractivity contribution is 5.78. The molecule has 132 valence electrons. The number of hydrogen-bond donors (Lipinski definition) is 1. The predicted molar refractivity (Wildman–Crippen MR) is 83.4 cm³/mol. The third-order valence-corrected chi connectivity index (χ3v) is 4.79. The molecule has 1 aromatic rings. The first-order valence-electron chi connectivity index (χ1n) is 8.55. The molecule has 2 aliphatic carbocycles. The van der Waals surface area contributed by atoms with Crippen LogP contribution in [0.3, 0.4) is 0 Å². The first-order chi connectivity index (χ1) is 11.5. The topological polar surface area (TPSA) is 46.9 Å².